The van der Waals surface area contributed by atoms with Crippen molar-refractivity contribution in [2.45, 2.75) is 32.4 Å². The number of fused-ring (bicyclic) bond motifs is 2. The van der Waals surface area contributed by atoms with Gasteiger partial charge in [0, 0.05) is 49.9 Å². The Balaban J connectivity index is 1.38. The van der Waals surface area contributed by atoms with E-state index in [1.165, 1.54) is 22.4 Å². The third kappa shape index (κ3) is 2.69. The molecule has 1 aromatic carbocycles. The highest BCUT2D eigenvalue weighted by molar-refractivity contribution is 5.41. The first-order chi connectivity index (χ1) is 12.8. The lowest BCUT2D eigenvalue weighted by Gasteiger charge is -2.32. The zero-order valence-corrected chi connectivity index (χ0v) is 14.9. The minimum Gasteiger partial charge on any atom is -0.493 e. The van der Waals surface area contributed by atoms with E-state index >= 15 is 0 Å². The average Bonchev–Trinajstić information content (AvgIpc) is 3.33. The van der Waals surface area contributed by atoms with E-state index in [-0.39, 0.29) is 0 Å². The number of pyridine rings is 1. The Morgan fingerprint density at radius 2 is 2.08 bits per heavy atom. The van der Waals surface area contributed by atoms with Crippen molar-refractivity contribution in [3.05, 3.63) is 71.2 Å². The van der Waals surface area contributed by atoms with Gasteiger partial charge >= 0.3 is 0 Å². The standard InChI is InChI=1S/C21H22N4O/c1-15(17-6-5-16-8-11-26-20(16)12-17)24-10-7-19-18(13-24)14-25(23-19)21-4-2-3-9-22-21/h2-6,9,12,14-15H,7-8,10-11,13H2,1H3. The van der Waals surface area contributed by atoms with Crippen LogP contribution in [0.5, 0.6) is 5.75 Å². The zero-order valence-electron chi connectivity index (χ0n) is 14.9. The molecular weight excluding hydrogens is 324 g/mol. The fourth-order valence-corrected chi connectivity index (χ4v) is 3.93. The van der Waals surface area contributed by atoms with Crippen LogP contribution >= 0.6 is 0 Å². The Morgan fingerprint density at radius 1 is 1.12 bits per heavy atom. The fraction of sp³-hybridized carbons (Fsp3) is 0.333. The SMILES string of the molecule is CC(c1ccc2c(c1)OCC2)N1CCc2nn(-c3ccccn3)cc2C1. The molecule has 2 aliphatic rings. The van der Waals surface area contributed by atoms with E-state index in [4.69, 9.17) is 9.84 Å². The predicted octanol–water partition coefficient (Wildman–Crippen LogP) is 3.32. The number of nitrogens with zero attached hydrogens (tertiary/aromatic N) is 4. The van der Waals surface area contributed by atoms with Crippen molar-refractivity contribution in [1.82, 2.24) is 19.7 Å². The van der Waals surface area contributed by atoms with Crippen molar-refractivity contribution in [1.29, 1.82) is 0 Å². The predicted molar refractivity (Wildman–Crippen MR) is 99.5 cm³/mol. The monoisotopic (exact) mass is 346 g/mol. The summed E-state index contributed by atoms with van der Waals surface area (Å²) in [6.45, 7) is 5.03. The van der Waals surface area contributed by atoms with E-state index < -0.39 is 0 Å². The van der Waals surface area contributed by atoms with Crippen LogP contribution in [-0.2, 0) is 19.4 Å². The number of rotatable bonds is 3. The molecule has 0 N–H and O–H groups in total. The summed E-state index contributed by atoms with van der Waals surface area (Å²) in [5.41, 5.74) is 5.15. The number of benzene rings is 1. The molecule has 0 amide bonds. The molecule has 2 aliphatic heterocycles. The highest BCUT2D eigenvalue weighted by Gasteiger charge is 2.25. The largest absolute Gasteiger partial charge is 0.493 e. The molecule has 0 radical (unpaired) electrons. The summed E-state index contributed by atoms with van der Waals surface area (Å²) in [5.74, 6) is 1.94. The minimum atomic E-state index is 0.357. The second kappa shape index (κ2) is 6.25. The molecule has 132 valence electrons. The van der Waals surface area contributed by atoms with E-state index in [2.05, 4.69) is 41.2 Å². The van der Waals surface area contributed by atoms with Crippen LogP contribution in [0.25, 0.3) is 5.82 Å². The van der Waals surface area contributed by atoms with Gasteiger partial charge < -0.3 is 4.74 Å². The zero-order chi connectivity index (χ0) is 17.5. The molecule has 0 bridgehead atoms. The first-order valence-electron chi connectivity index (χ1n) is 9.26. The summed E-state index contributed by atoms with van der Waals surface area (Å²) in [7, 11) is 0. The molecule has 4 heterocycles. The molecule has 3 aromatic rings. The molecule has 0 saturated heterocycles. The molecule has 5 rings (SSSR count). The van der Waals surface area contributed by atoms with Gasteiger partial charge in [-0.25, -0.2) is 9.67 Å². The summed E-state index contributed by atoms with van der Waals surface area (Å²) in [6.07, 6.45) is 5.94. The summed E-state index contributed by atoms with van der Waals surface area (Å²) in [4.78, 5) is 6.92. The molecule has 0 fully saturated rings. The van der Waals surface area contributed by atoms with Gasteiger partial charge in [0.15, 0.2) is 5.82 Å². The number of ether oxygens (including phenoxy) is 1. The van der Waals surface area contributed by atoms with Crippen LogP contribution in [0.15, 0.2) is 48.8 Å². The van der Waals surface area contributed by atoms with Crippen LogP contribution in [0.1, 0.15) is 35.3 Å². The maximum absolute atomic E-state index is 5.75. The Hall–Kier alpha value is -2.66. The first kappa shape index (κ1) is 15.6. The second-order valence-corrected chi connectivity index (χ2v) is 7.10. The molecular formula is C21H22N4O. The van der Waals surface area contributed by atoms with Gasteiger partial charge in [-0.05, 0) is 36.2 Å². The quantitative estimate of drug-likeness (QED) is 0.730. The van der Waals surface area contributed by atoms with Crippen LogP contribution in [0.4, 0.5) is 0 Å². The van der Waals surface area contributed by atoms with Crippen molar-refractivity contribution < 1.29 is 4.74 Å². The van der Waals surface area contributed by atoms with Crippen molar-refractivity contribution >= 4 is 0 Å². The lowest BCUT2D eigenvalue weighted by molar-refractivity contribution is 0.191. The van der Waals surface area contributed by atoms with E-state index in [0.29, 0.717) is 6.04 Å². The first-order valence-corrected chi connectivity index (χ1v) is 9.26. The van der Waals surface area contributed by atoms with Gasteiger partial charge in [-0.1, -0.05) is 18.2 Å². The third-order valence-corrected chi connectivity index (χ3v) is 5.52. The Kier molecular flexibility index (Phi) is 3.75. The summed E-state index contributed by atoms with van der Waals surface area (Å²) in [5, 5.41) is 4.74. The molecule has 26 heavy (non-hydrogen) atoms. The lowest BCUT2D eigenvalue weighted by Crippen LogP contribution is -2.32. The van der Waals surface area contributed by atoms with E-state index in [9.17, 15) is 0 Å². The molecule has 0 saturated carbocycles. The highest BCUT2D eigenvalue weighted by Crippen LogP contribution is 2.32. The maximum Gasteiger partial charge on any atom is 0.153 e. The second-order valence-electron chi connectivity index (χ2n) is 7.10. The normalized spacial score (nSPS) is 17.4. The van der Waals surface area contributed by atoms with Crippen LogP contribution in [0.3, 0.4) is 0 Å². The smallest absolute Gasteiger partial charge is 0.153 e. The van der Waals surface area contributed by atoms with Gasteiger partial charge in [0.05, 0.1) is 12.3 Å². The van der Waals surface area contributed by atoms with Gasteiger partial charge in [0.2, 0.25) is 0 Å². The topological polar surface area (TPSA) is 43.2 Å². The fourth-order valence-electron chi connectivity index (χ4n) is 3.93. The number of hydrogen-bond donors (Lipinski definition) is 0. The van der Waals surface area contributed by atoms with Gasteiger partial charge in [-0.2, -0.15) is 5.10 Å². The summed E-state index contributed by atoms with van der Waals surface area (Å²) in [6, 6.07) is 13.0. The molecule has 5 heteroatoms. The molecule has 2 aromatic heterocycles. The molecule has 0 aliphatic carbocycles. The number of aromatic nitrogens is 3. The molecule has 5 nitrogen and oxygen atoms in total. The molecule has 0 spiro atoms. The molecule has 1 unspecified atom stereocenters. The summed E-state index contributed by atoms with van der Waals surface area (Å²) >= 11 is 0. The third-order valence-electron chi connectivity index (χ3n) is 5.52. The minimum absolute atomic E-state index is 0.357. The lowest BCUT2D eigenvalue weighted by atomic mass is 10.0. The van der Waals surface area contributed by atoms with E-state index in [1.54, 1.807) is 6.20 Å². The summed E-state index contributed by atoms with van der Waals surface area (Å²) < 4.78 is 7.65. The Labute approximate surface area is 153 Å². The maximum atomic E-state index is 5.75. The van der Waals surface area contributed by atoms with Crippen LogP contribution in [0, 0.1) is 0 Å². The van der Waals surface area contributed by atoms with Crippen molar-refractivity contribution in [2.75, 3.05) is 13.2 Å². The highest BCUT2D eigenvalue weighted by atomic mass is 16.5. The van der Waals surface area contributed by atoms with Gasteiger partial charge in [0.25, 0.3) is 0 Å². The van der Waals surface area contributed by atoms with Crippen LogP contribution in [0.2, 0.25) is 0 Å². The Bertz CT molecular complexity index is 934. The van der Waals surface area contributed by atoms with Gasteiger partial charge in [0.1, 0.15) is 5.75 Å². The van der Waals surface area contributed by atoms with Crippen LogP contribution in [-0.4, -0.2) is 32.8 Å². The average molecular weight is 346 g/mol. The van der Waals surface area contributed by atoms with Crippen molar-refractivity contribution in [3.8, 4) is 11.6 Å². The van der Waals surface area contributed by atoms with E-state index in [1.807, 2.05) is 22.9 Å². The van der Waals surface area contributed by atoms with E-state index in [0.717, 1.165) is 44.1 Å². The van der Waals surface area contributed by atoms with Gasteiger partial charge in [-0.3, -0.25) is 4.90 Å². The van der Waals surface area contributed by atoms with Crippen LogP contribution < -0.4 is 4.74 Å². The Morgan fingerprint density at radius 3 is 2.96 bits per heavy atom. The van der Waals surface area contributed by atoms with Gasteiger partial charge in [-0.15, -0.1) is 0 Å². The van der Waals surface area contributed by atoms with Crippen molar-refractivity contribution in [3.63, 3.8) is 0 Å². The molecule has 1 atom stereocenters. The van der Waals surface area contributed by atoms with Crippen molar-refractivity contribution in [2.24, 2.45) is 0 Å². The number of hydrogen-bond acceptors (Lipinski definition) is 4.